The largest absolute Gasteiger partial charge is 0.502 e. The molecule has 0 spiro atoms. The van der Waals surface area contributed by atoms with Gasteiger partial charge in [0.2, 0.25) is 11.2 Å². The van der Waals surface area contributed by atoms with Crippen LogP contribution in [0.2, 0.25) is 0 Å². The maximum atomic E-state index is 12.7. The van der Waals surface area contributed by atoms with Gasteiger partial charge in [-0.15, -0.1) is 0 Å². The van der Waals surface area contributed by atoms with Crippen molar-refractivity contribution in [3.63, 3.8) is 0 Å². The number of furan rings is 1. The normalized spacial score (nSPS) is 11.5. The van der Waals surface area contributed by atoms with Crippen LogP contribution in [0.25, 0.3) is 33.3 Å². The topological polar surface area (TPSA) is 63.6 Å². The van der Waals surface area contributed by atoms with Crippen LogP contribution in [0.3, 0.4) is 0 Å². The summed E-state index contributed by atoms with van der Waals surface area (Å²) in [6.45, 7) is 7.81. The molecule has 4 nitrogen and oxygen atoms in total. The summed E-state index contributed by atoms with van der Waals surface area (Å²) in [5, 5.41) is 11.6. The predicted octanol–water partition coefficient (Wildman–Crippen LogP) is 5.15. The first kappa shape index (κ1) is 15.5. The van der Waals surface area contributed by atoms with Crippen molar-refractivity contribution in [1.29, 1.82) is 0 Å². The van der Waals surface area contributed by atoms with E-state index in [0.29, 0.717) is 16.6 Å². The van der Waals surface area contributed by atoms with Crippen molar-refractivity contribution in [3.8, 4) is 17.1 Å². The van der Waals surface area contributed by atoms with Crippen LogP contribution in [0.5, 0.6) is 5.75 Å². The van der Waals surface area contributed by atoms with Crippen molar-refractivity contribution >= 4 is 21.9 Å². The second kappa shape index (κ2) is 5.24. The summed E-state index contributed by atoms with van der Waals surface area (Å²) >= 11 is 0. The summed E-state index contributed by atoms with van der Waals surface area (Å²) < 4.78 is 11.6. The lowest BCUT2D eigenvalue weighted by Crippen LogP contribution is -2.04. The van der Waals surface area contributed by atoms with Gasteiger partial charge >= 0.3 is 0 Å². The van der Waals surface area contributed by atoms with Crippen LogP contribution in [-0.2, 0) is 0 Å². The van der Waals surface area contributed by atoms with Crippen LogP contribution < -0.4 is 5.43 Å². The molecule has 0 unspecified atom stereocenters. The van der Waals surface area contributed by atoms with Gasteiger partial charge in [0, 0.05) is 5.56 Å². The average Bonchev–Trinajstić information content (AvgIpc) is 2.92. The highest BCUT2D eigenvalue weighted by atomic mass is 16.4. The van der Waals surface area contributed by atoms with E-state index in [9.17, 15) is 9.90 Å². The van der Waals surface area contributed by atoms with E-state index < -0.39 is 5.43 Å². The van der Waals surface area contributed by atoms with E-state index in [4.69, 9.17) is 8.83 Å². The van der Waals surface area contributed by atoms with E-state index in [0.717, 1.165) is 33.2 Å². The Bertz CT molecular complexity index is 1190. The highest BCUT2D eigenvalue weighted by Crippen LogP contribution is 2.37. The van der Waals surface area contributed by atoms with Gasteiger partial charge in [-0.2, -0.15) is 0 Å². The molecule has 0 radical (unpaired) electrons. The van der Waals surface area contributed by atoms with Gasteiger partial charge in [-0.3, -0.25) is 4.79 Å². The van der Waals surface area contributed by atoms with Crippen LogP contribution in [0.1, 0.15) is 22.3 Å². The Morgan fingerprint density at radius 1 is 0.960 bits per heavy atom. The molecule has 0 saturated carbocycles. The Kier molecular flexibility index (Phi) is 3.25. The Hall–Kier alpha value is -3.01. The van der Waals surface area contributed by atoms with Crippen molar-refractivity contribution in [3.05, 3.63) is 63.0 Å². The van der Waals surface area contributed by atoms with Crippen molar-refractivity contribution in [2.45, 2.75) is 27.7 Å². The Morgan fingerprint density at radius 3 is 2.32 bits per heavy atom. The highest BCUT2D eigenvalue weighted by molar-refractivity contribution is 6.04. The van der Waals surface area contributed by atoms with Crippen LogP contribution in [0.15, 0.2) is 44.2 Å². The molecule has 0 aliphatic heterocycles. The number of hydrogen-bond donors (Lipinski definition) is 1. The smallest absolute Gasteiger partial charge is 0.235 e. The van der Waals surface area contributed by atoms with Crippen LogP contribution >= 0.6 is 0 Å². The molecule has 2 aromatic heterocycles. The lowest BCUT2D eigenvalue weighted by atomic mass is 9.96. The second-order valence-electron chi connectivity index (χ2n) is 6.62. The molecular formula is C21H18O4. The monoisotopic (exact) mass is 334 g/mol. The summed E-state index contributed by atoms with van der Waals surface area (Å²) in [5.74, 6) is -0.149. The molecule has 4 heteroatoms. The Morgan fingerprint density at radius 2 is 1.64 bits per heavy atom. The zero-order valence-electron chi connectivity index (χ0n) is 14.6. The molecule has 1 N–H and O–H groups in total. The molecule has 126 valence electrons. The molecule has 0 fully saturated rings. The first-order valence-corrected chi connectivity index (χ1v) is 8.13. The van der Waals surface area contributed by atoms with Gasteiger partial charge in [-0.1, -0.05) is 17.7 Å². The molecular weight excluding hydrogens is 316 g/mol. The zero-order chi connectivity index (χ0) is 17.9. The molecule has 0 amide bonds. The van der Waals surface area contributed by atoms with Gasteiger partial charge in [0.25, 0.3) is 0 Å². The Labute approximate surface area is 144 Å². The van der Waals surface area contributed by atoms with Crippen LogP contribution in [-0.4, -0.2) is 5.11 Å². The predicted molar refractivity (Wildman–Crippen MR) is 98.3 cm³/mol. The second-order valence-corrected chi connectivity index (χ2v) is 6.62. The van der Waals surface area contributed by atoms with E-state index in [-0.39, 0.29) is 11.5 Å². The molecule has 2 heterocycles. The van der Waals surface area contributed by atoms with Gasteiger partial charge in [-0.05, 0) is 56.5 Å². The minimum absolute atomic E-state index is 0.209. The van der Waals surface area contributed by atoms with Crippen molar-refractivity contribution in [2.24, 2.45) is 0 Å². The van der Waals surface area contributed by atoms with E-state index in [1.807, 2.05) is 39.8 Å². The zero-order valence-corrected chi connectivity index (χ0v) is 14.6. The molecule has 0 saturated heterocycles. The first-order chi connectivity index (χ1) is 11.9. The number of benzene rings is 2. The molecule has 4 rings (SSSR count). The molecule has 4 aromatic rings. The quantitative estimate of drug-likeness (QED) is 0.523. The number of fused-ring (bicyclic) bond motifs is 3. The van der Waals surface area contributed by atoms with Gasteiger partial charge in [-0.25, -0.2) is 0 Å². The fraction of sp³-hybridized carbons (Fsp3) is 0.190. The van der Waals surface area contributed by atoms with E-state index in [1.165, 1.54) is 0 Å². The van der Waals surface area contributed by atoms with E-state index in [1.54, 1.807) is 18.4 Å². The van der Waals surface area contributed by atoms with E-state index >= 15 is 0 Å². The molecule has 2 aromatic carbocycles. The highest BCUT2D eigenvalue weighted by Gasteiger charge is 2.21. The Balaban J connectivity index is 2.19. The average molecular weight is 334 g/mol. The molecule has 0 atom stereocenters. The summed E-state index contributed by atoms with van der Waals surface area (Å²) in [5.41, 5.74) is 5.33. The minimum Gasteiger partial charge on any atom is -0.502 e. The van der Waals surface area contributed by atoms with Gasteiger partial charge in [0.1, 0.15) is 11.2 Å². The third-order valence-corrected chi connectivity index (χ3v) is 4.66. The molecule has 25 heavy (non-hydrogen) atoms. The summed E-state index contributed by atoms with van der Waals surface area (Å²) in [6.07, 6.45) is 1.64. The first-order valence-electron chi connectivity index (χ1n) is 8.13. The van der Waals surface area contributed by atoms with Crippen molar-refractivity contribution in [1.82, 2.24) is 0 Å². The molecule has 0 bridgehead atoms. The fourth-order valence-corrected chi connectivity index (χ4v) is 3.62. The SMILES string of the molecule is Cc1cc(C)c(-c2oc3c(ccc4occ(C)c43)c(=O)c2O)c(C)c1. The third kappa shape index (κ3) is 2.18. The lowest BCUT2D eigenvalue weighted by Gasteiger charge is -2.13. The lowest BCUT2D eigenvalue weighted by molar-refractivity contribution is 0.449. The summed E-state index contributed by atoms with van der Waals surface area (Å²) in [4.78, 5) is 12.7. The number of rotatable bonds is 1. The number of aryl methyl sites for hydroxylation is 4. The van der Waals surface area contributed by atoms with Crippen molar-refractivity contribution in [2.75, 3.05) is 0 Å². The summed E-state index contributed by atoms with van der Waals surface area (Å²) in [6, 6.07) is 7.37. The van der Waals surface area contributed by atoms with Crippen LogP contribution in [0.4, 0.5) is 0 Å². The van der Waals surface area contributed by atoms with Gasteiger partial charge in [0.15, 0.2) is 5.76 Å². The van der Waals surface area contributed by atoms with Crippen LogP contribution in [0, 0.1) is 27.7 Å². The van der Waals surface area contributed by atoms with Gasteiger partial charge in [0.05, 0.1) is 17.0 Å². The maximum absolute atomic E-state index is 12.7. The number of hydrogen-bond acceptors (Lipinski definition) is 4. The molecule has 0 aliphatic carbocycles. The third-order valence-electron chi connectivity index (χ3n) is 4.66. The van der Waals surface area contributed by atoms with Crippen molar-refractivity contribution < 1.29 is 13.9 Å². The minimum atomic E-state index is -0.432. The van der Waals surface area contributed by atoms with Gasteiger partial charge < -0.3 is 13.9 Å². The fourth-order valence-electron chi connectivity index (χ4n) is 3.62. The van der Waals surface area contributed by atoms with E-state index in [2.05, 4.69) is 0 Å². The maximum Gasteiger partial charge on any atom is 0.235 e. The number of aromatic hydroxyl groups is 1. The standard InChI is InChI=1S/C21H18O4/c1-10-7-11(2)16(12(3)8-10)21-19(23)18(22)14-5-6-15-17(20(14)25-21)13(4)9-24-15/h5-9,23H,1-4H3. The summed E-state index contributed by atoms with van der Waals surface area (Å²) in [7, 11) is 0. The molecule has 0 aliphatic rings.